The Bertz CT molecular complexity index is 827. The number of amides is 1. The molecule has 1 saturated heterocycles. The van der Waals surface area contributed by atoms with Crippen LogP contribution in [0, 0.1) is 0 Å². The van der Waals surface area contributed by atoms with Crippen LogP contribution in [0.15, 0.2) is 48.5 Å². The molecular formula is C22H28N3O3+. The van der Waals surface area contributed by atoms with Crippen molar-refractivity contribution in [2.45, 2.75) is 19.9 Å². The van der Waals surface area contributed by atoms with E-state index in [0.717, 1.165) is 31.9 Å². The molecule has 1 fully saturated rings. The number of piperazine rings is 1. The number of carbonyl (C=O) groups is 2. The summed E-state index contributed by atoms with van der Waals surface area (Å²) in [6.45, 7) is 7.08. The minimum Gasteiger partial charge on any atom is -0.497 e. The van der Waals surface area contributed by atoms with E-state index in [0.29, 0.717) is 11.3 Å². The summed E-state index contributed by atoms with van der Waals surface area (Å²) in [4.78, 5) is 27.8. The Morgan fingerprint density at radius 2 is 1.79 bits per heavy atom. The summed E-state index contributed by atoms with van der Waals surface area (Å²) < 4.78 is 5.21. The highest BCUT2D eigenvalue weighted by Gasteiger charge is 2.29. The first-order valence-corrected chi connectivity index (χ1v) is 9.63. The van der Waals surface area contributed by atoms with Crippen molar-refractivity contribution in [1.82, 2.24) is 0 Å². The first-order valence-electron chi connectivity index (χ1n) is 9.63. The van der Waals surface area contributed by atoms with Gasteiger partial charge in [-0.25, -0.2) is 0 Å². The zero-order valence-electron chi connectivity index (χ0n) is 16.7. The molecule has 2 aromatic rings. The van der Waals surface area contributed by atoms with Crippen LogP contribution >= 0.6 is 0 Å². The van der Waals surface area contributed by atoms with Crippen LogP contribution in [0.2, 0.25) is 0 Å². The second-order valence-corrected chi connectivity index (χ2v) is 7.19. The number of nitrogens with one attached hydrogen (secondary N) is 2. The van der Waals surface area contributed by atoms with Gasteiger partial charge in [-0.1, -0.05) is 12.1 Å². The standard InChI is InChI=1S/C22H27N3O3/c1-16(22(27)23-19-6-4-5-18(15-19)17(2)26)24-11-13-25(14-12-24)20-7-9-21(28-3)10-8-20/h4-10,15-16H,11-14H2,1-3H3,(H,23,27)/p+1/t16-/m0/s1. The summed E-state index contributed by atoms with van der Waals surface area (Å²) in [5.74, 6) is 0.824. The van der Waals surface area contributed by atoms with Gasteiger partial charge in [0, 0.05) is 16.9 Å². The molecule has 0 aliphatic carbocycles. The van der Waals surface area contributed by atoms with Crippen LogP contribution in [-0.4, -0.2) is 51.0 Å². The Kier molecular flexibility index (Phi) is 6.31. The molecule has 2 N–H and O–H groups in total. The Labute approximate surface area is 166 Å². The summed E-state index contributed by atoms with van der Waals surface area (Å²) >= 11 is 0. The number of hydrogen-bond acceptors (Lipinski definition) is 4. The SMILES string of the molecule is COc1ccc(N2CC[NH+]([C@@H](C)C(=O)Nc3cccc(C(C)=O)c3)CC2)cc1. The molecule has 28 heavy (non-hydrogen) atoms. The third kappa shape index (κ3) is 4.70. The quantitative estimate of drug-likeness (QED) is 0.746. The van der Waals surface area contributed by atoms with Gasteiger partial charge in [0.1, 0.15) is 5.75 Å². The van der Waals surface area contributed by atoms with Crippen molar-refractivity contribution < 1.29 is 19.2 Å². The Morgan fingerprint density at radius 3 is 2.39 bits per heavy atom. The smallest absolute Gasteiger partial charge is 0.282 e. The Balaban J connectivity index is 1.55. The van der Waals surface area contributed by atoms with E-state index >= 15 is 0 Å². The van der Waals surface area contributed by atoms with E-state index in [1.807, 2.05) is 25.1 Å². The van der Waals surface area contributed by atoms with Gasteiger partial charge in [0.2, 0.25) is 0 Å². The molecule has 1 heterocycles. The molecule has 0 saturated carbocycles. The molecule has 6 heteroatoms. The van der Waals surface area contributed by atoms with E-state index in [1.165, 1.54) is 17.5 Å². The molecule has 6 nitrogen and oxygen atoms in total. The average molecular weight is 382 g/mol. The summed E-state index contributed by atoms with van der Waals surface area (Å²) in [6.07, 6.45) is 0. The molecule has 2 aromatic carbocycles. The van der Waals surface area contributed by atoms with E-state index in [-0.39, 0.29) is 17.7 Å². The van der Waals surface area contributed by atoms with E-state index in [4.69, 9.17) is 4.74 Å². The molecule has 0 aromatic heterocycles. The number of ether oxygens (including phenoxy) is 1. The Morgan fingerprint density at radius 1 is 1.11 bits per heavy atom. The highest BCUT2D eigenvalue weighted by molar-refractivity contribution is 5.97. The van der Waals surface area contributed by atoms with Crippen molar-refractivity contribution in [3.8, 4) is 5.75 Å². The van der Waals surface area contributed by atoms with Gasteiger partial charge in [-0.15, -0.1) is 0 Å². The lowest BCUT2D eigenvalue weighted by Crippen LogP contribution is -3.19. The maximum atomic E-state index is 12.7. The predicted octanol–water partition coefficient (Wildman–Crippen LogP) is 1.63. The van der Waals surface area contributed by atoms with Crippen LogP contribution in [0.4, 0.5) is 11.4 Å². The van der Waals surface area contributed by atoms with Crippen LogP contribution in [0.1, 0.15) is 24.2 Å². The minimum absolute atomic E-state index is 0.00979. The third-order valence-corrected chi connectivity index (χ3v) is 5.39. The number of rotatable bonds is 6. The van der Waals surface area contributed by atoms with Crippen LogP contribution in [0.5, 0.6) is 5.75 Å². The van der Waals surface area contributed by atoms with Gasteiger partial charge in [0.25, 0.3) is 5.91 Å². The van der Waals surface area contributed by atoms with Crippen molar-refractivity contribution in [1.29, 1.82) is 0 Å². The fraction of sp³-hybridized carbons (Fsp3) is 0.364. The van der Waals surface area contributed by atoms with Crippen LogP contribution in [0.25, 0.3) is 0 Å². The highest BCUT2D eigenvalue weighted by Crippen LogP contribution is 2.19. The second-order valence-electron chi connectivity index (χ2n) is 7.19. The second kappa shape index (κ2) is 8.89. The fourth-order valence-corrected chi connectivity index (χ4v) is 3.53. The highest BCUT2D eigenvalue weighted by atomic mass is 16.5. The minimum atomic E-state index is -0.154. The fourth-order valence-electron chi connectivity index (χ4n) is 3.53. The number of carbonyl (C=O) groups excluding carboxylic acids is 2. The number of ketones is 1. The van der Waals surface area contributed by atoms with Crippen molar-refractivity contribution in [2.75, 3.05) is 43.5 Å². The summed E-state index contributed by atoms with van der Waals surface area (Å²) in [6, 6.07) is 15.0. The zero-order chi connectivity index (χ0) is 20.1. The van der Waals surface area contributed by atoms with E-state index in [1.54, 1.807) is 25.3 Å². The van der Waals surface area contributed by atoms with E-state index < -0.39 is 0 Å². The lowest BCUT2D eigenvalue weighted by molar-refractivity contribution is -0.914. The Hall–Kier alpha value is -2.86. The molecule has 0 spiro atoms. The van der Waals surface area contributed by atoms with Gasteiger partial charge in [0.05, 0.1) is 33.3 Å². The molecule has 3 rings (SSSR count). The first kappa shape index (κ1) is 19.9. The molecule has 1 aliphatic rings. The number of anilines is 2. The molecule has 148 valence electrons. The molecule has 0 unspecified atom stereocenters. The molecule has 0 radical (unpaired) electrons. The molecule has 0 bridgehead atoms. The topological polar surface area (TPSA) is 63.1 Å². The maximum absolute atomic E-state index is 12.7. The van der Waals surface area contributed by atoms with Crippen LogP contribution in [0.3, 0.4) is 0 Å². The van der Waals surface area contributed by atoms with Crippen LogP contribution in [-0.2, 0) is 4.79 Å². The monoisotopic (exact) mass is 382 g/mol. The lowest BCUT2D eigenvalue weighted by atomic mass is 10.1. The first-order chi connectivity index (χ1) is 13.5. The average Bonchev–Trinajstić information content (AvgIpc) is 2.73. The van der Waals surface area contributed by atoms with Crippen LogP contribution < -0.4 is 19.9 Å². The predicted molar refractivity (Wildman–Crippen MR) is 110 cm³/mol. The summed E-state index contributed by atoms with van der Waals surface area (Å²) in [5.41, 5.74) is 2.45. The van der Waals surface area contributed by atoms with Gasteiger partial charge in [0.15, 0.2) is 11.8 Å². The van der Waals surface area contributed by atoms with Gasteiger partial charge >= 0.3 is 0 Å². The van der Waals surface area contributed by atoms with Crippen molar-refractivity contribution in [2.24, 2.45) is 0 Å². The normalized spacial score (nSPS) is 15.8. The van der Waals surface area contributed by atoms with Gasteiger partial charge in [-0.2, -0.15) is 0 Å². The third-order valence-electron chi connectivity index (χ3n) is 5.39. The van der Waals surface area contributed by atoms with Crippen molar-refractivity contribution in [3.63, 3.8) is 0 Å². The van der Waals surface area contributed by atoms with E-state index in [2.05, 4.69) is 22.3 Å². The van der Waals surface area contributed by atoms with Gasteiger partial charge in [-0.3, -0.25) is 9.59 Å². The van der Waals surface area contributed by atoms with Crippen molar-refractivity contribution in [3.05, 3.63) is 54.1 Å². The molecule has 1 aliphatic heterocycles. The van der Waals surface area contributed by atoms with E-state index in [9.17, 15) is 9.59 Å². The number of methoxy groups -OCH3 is 1. The number of benzene rings is 2. The molecule has 1 atom stereocenters. The number of nitrogens with zero attached hydrogens (tertiary/aromatic N) is 1. The molecule has 1 amide bonds. The lowest BCUT2D eigenvalue weighted by Gasteiger charge is -2.36. The zero-order valence-corrected chi connectivity index (χ0v) is 16.7. The summed E-state index contributed by atoms with van der Waals surface area (Å²) in [7, 11) is 1.67. The van der Waals surface area contributed by atoms with Gasteiger partial charge < -0.3 is 19.9 Å². The largest absolute Gasteiger partial charge is 0.497 e. The number of Topliss-reactive ketones (excluding diaryl/α,β-unsaturated/α-hetero) is 1. The number of quaternary nitrogens is 1. The maximum Gasteiger partial charge on any atom is 0.282 e. The van der Waals surface area contributed by atoms with Crippen molar-refractivity contribution >= 4 is 23.1 Å². The van der Waals surface area contributed by atoms with Gasteiger partial charge in [-0.05, 0) is 50.2 Å². The summed E-state index contributed by atoms with van der Waals surface area (Å²) in [5, 5.41) is 2.95. The molecular weight excluding hydrogens is 354 g/mol. The number of hydrogen-bond donors (Lipinski definition) is 2.